The van der Waals surface area contributed by atoms with E-state index in [9.17, 15) is 15.2 Å². The zero-order chi connectivity index (χ0) is 13.9. The van der Waals surface area contributed by atoms with Crippen molar-refractivity contribution in [3.8, 4) is 0 Å². The van der Waals surface area contributed by atoms with Crippen molar-refractivity contribution in [1.29, 1.82) is 0 Å². The Balaban J connectivity index is 1.92. The molecule has 2 N–H and O–H groups in total. The van der Waals surface area contributed by atoms with Crippen molar-refractivity contribution >= 4 is 5.69 Å². The quantitative estimate of drug-likeness (QED) is 0.621. The number of hydrogen-bond donors (Lipinski definition) is 2. The van der Waals surface area contributed by atoms with E-state index in [2.05, 4.69) is 5.32 Å². The normalized spacial score (nSPS) is 24.3. The molecule has 0 saturated carbocycles. The summed E-state index contributed by atoms with van der Waals surface area (Å²) in [6.07, 6.45) is 0.632. The molecule has 0 spiro atoms. The number of aliphatic hydroxyl groups is 1. The Labute approximate surface area is 111 Å². The van der Waals surface area contributed by atoms with Crippen LogP contribution in [0.25, 0.3) is 0 Å². The number of ether oxygens (including phenoxy) is 1. The average Bonchev–Trinajstić information content (AvgIpc) is 2.83. The summed E-state index contributed by atoms with van der Waals surface area (Å²) in [4.78, 5) is 10.2. The second-order valence-corrected chi connectivity index (χ2v) is 4.98. The third-order valence-corrected chi connectivity index (χ3v) is 3.42. The number of nitrogens with one attached hydrogen (secondary N) is 1. The van der Waals surface area contributed by atoms with Crippen LogP contribution in [0.4, 0.5) is 5.69 Å². The Hall–Kier alpha value is -1.50. The lowest BCUT2D eigenvalue weighted by atomic mass is 10.0. The summed E-state index contributed by atoms with van der Waals surface area (Å²) in [6.45, 7) is 3.35. The third-order valence-electron chi connectivity index (χ3n) is 3.42. The van der Waals surface area contributed by atoms with Gasteiger partial charge in [-0.3, -0.25) is 10.1 Å². The fraction of sp³-hybridized carbons (Fsp3) is 0.538. The molecule has 1 saturated heterocycles. The highest BCUT2D eigenvalue weighted by Crippen LogP contribution is 2.21. The maximum absolute atomic E-state index is 10.6. The molecule has 1 fully saturated rings. The molecule has 1 aliphatic rings. The predicted octanol–water partition coefficient (Wildman–Crippen LogP) is 1.40. The van der Waals surface area contributed by atoms with E-state index < -0.39 is 10.5 Å². The standard InChI is InChI=1S/C13H18N2O4/c1-10(14-8-13(16)6-7-19-9-13)11-2-4-12(5-3-11)15(17)18/h2-5,10,14,16H,6-9H2,1H3/t10-,13+/m1/s1. The van der Waals surface area contributed by atoms with E-state index in [1.807, 2.05) is 6.92 Å². The van der Waals surface area contributed by atoms with Gasteiger partial charge in [-0.25, -0.2) is 0 Å². The highest BCUT2D eigenvalue weighted by atomic mass is 16.6. The number of nitro benzene ring substituents is 1. The van der Waals surface area contributed by atoms with Crippen molar-refractivity contribution < 1.29 is 14.8 Å². The Morgan fingerprint density at radius 1 is 1.53 bits per heavy atom. The highest BCUT2D eigenvalue weighted by Gasteiger charge is 2.32. The maximum atomic E-state index is 10.6. The SMILES string of the molecule is C[C@@H](NC[C@@]1(O)CCOC1)c1ccc([N+](=O)[O-])cc1. The first-order valence-electron chi connectivity index (χ1n) is 6.28. The lowest BCUT2D eigenvalue weighted by Gasteiger charge is -2.24. The van der Waals surface area contributed by atoms with Crippen LogP contribution in [0.2, 0.25) is 0 Å². The van der Waals surface area contributed by atoms with E-state index in [0.29, 0.717) is 26.2 Å². The van der Waals surface area contributed by atoms with Crippen molar-refractivity contribution in [2.24, 2.45) is 0 Å². The summed E-state index contributed by atoms with van der Waals surface area (Å²) in [5.41, 5.74) is 0.238. The van der Waals surface area contributed by atoms with Crippen LogP contribution in [-0.4, -0.2) is 35.4 Å². The Kier molecular flexibility index (Phi) is 4.14. The molecule has 0 aliphatic carbocycles. The molecule has 6 heteroatoms. The number of non-ortho nitro benzene ring substituents is 1. The number of rotatable bonds is 5. The molecule has 19 heavy (non-hydrogen) atoms. The molecule has 104 valence electrons. The molecule has 0 unspecified atom stereocenters. The summed E-state index contributed by atoms with van der Waals surface area (Å²) >= 11 is 0. The maximum Gasteiger partial charge on any atom is 0.269 e. The summed E-state index contributed by atoms with van der Waals surface area (Å²) < 4.78 is 5.18. The molecular formula is C13H18N2O4. The minimum absolute atomic E-state index is 0.0189. The van der Waals surface area contributed by atoms with Gasteiger partial charge in [0.05, 0.1) is 11.5 Å². The van der Waals surface area contributed by atoms with E-state index in [0.717, 1.165) is 5.56 Å². The Bertz CT molecular complexity index is 440. The predicted molar refractivity (Wildman–Crippen MR) is 69.9 cm³/mol. The van der Waals surface area contributed by atoms with Crippen LogP contribution in [0, 0.1) is 10.1 Å². The smallest absolute Gasteiger partial charge is 0.269 e. The lowest BCUT2D eigenvalue weighted by molar-refractivity contribution is -0.384. The van der Waals surface area contributed by atoms with Gasteiger partial charge in [-0.2, -0.15) is 0 Å². The first-order chi connectivity index (χ1) is 9.00. The van der Waals surface area contributed by atoms with Gasteiger partial charge in [0.2, 0.25) is 0 Å². The van der Waals surface area contributed by atoms with Gasteiger partial charge in [0, 0.05) is 37.7 Å². The second-order valence-electron chi connectivity index (χ2n) is 4.98. The molecule has 0 bridgehead atoms. The molecule has 6 nitrogen and oxygen atoms in total. The van der Waals surface area contributed by atoms with Crippen LogP contribution in [0.15, 0.2) is 24.3 Å². The molecule has 1 aliphatic heterocycles. The van der Waals surface area contributed by atoms with Crippen LogP contribution in [0.3, 0.4) is 0 Å². The zero-order valence-electron chi connectivity index (χ0n) is 10.8. The van der Waals surface area contributed by atoms with Gasteiger partial charge in [0.1, 0.15) is 5.60 Å². The van der Waals surface area contributed by atoms with Crippen LogP contribution in [-0.2, 0) is 4.74 Å². The van der Waals surface area contributed by atoms with Crippen LogP contribution in [0.1, 0.15) is 24.9 Å². The fourth-order valence-corrected chi connectivity index (χ4v) is 2.08. The molecule has 0 aromatic heterocycles. The minimum Gasteiger partial charge on any atom is -0.386 e. The second kappa shape index (κ2) is 5.64. The van der Waals surface area contributed by atoms with Crippen LogP contribution < -0.4 is 5.32 Å². The first-order valence-corrected chi connectivity index (χ1v) is 6.28. The van der Waals surface area contributed by atoms with Gasteiger partial charge in [-0.15, -0.1) is 0 Å². The van der Waals surface area contributed by atoms with E-state index in [4.69, 9.17) is 4.74 Å². The zero-order valence-corrected chi connectivity index (χ0v) is 10.8. The third kappa shape index (κ3) is 3.50. The molecule has 1 heterocycles. The molecule has 2 rings (SSSR count). The van der Waals surface area contributed by atoms with Crippen molar-refractivity contribution in [2.45, 2.75) is 25.0 Å². The Morgan fingerprint density at radius 3 is 2.74 bits per heavy atom. The van der Waals surface area contributed by atoms with Gasteiger partial charge < -0.3 is 15.2 Å². The number of hydrogen-bond acceptors (Lipinski definition) is 5. The van der Waals surface area contributed by atoms with E-state index in [1.54, 1.807) is 12.1 Å². The van der Waals surface area contributed by atoms with Gasteiger partial charge in [0.25, 0.3) is 5.69 Å². The summed E-state index contributed by atoms with van der Waals surface area (Å²) in [5, 5.41) is 23.9. The van der Waals surface area contributed by atoms with Gasteiger partial charge in [0.15, 0.2) is 0 Å². The molecule has 2 atom stereocenters. The van der Waals surface area contributed by atoms with E-state index >= 15 is 0 Å². The monoisotopic (exact) mass is 266 g/mol. The summed E-state index contributed by atoms with van der Waals surface area (Å²) in [7, 11) is 0. The molecular weight excluding hydrogens is 248 g/mol. The lowest BCUT2D eigenvalue weighted by Crippen LogP contribution is -2.41. The number of benzene rings is 1. The largest absolute Gasteiger partial charge is 0.386 e. The van der Waals surface area contributed by atoms with Crippen LogP contribution >= 0.6 is 0 Å². The Morgan fingerprint density at radius 2 is 2.21 bits per heavy atom. The summed E-state index contributed by atoms with van der Waals surface area (Å²) in [5.74, 6) is 0. The topological polar surface area (TPSA) is 84.6 Å². The summed E-state index contributed by atoms with van der Waals surface area (Å²) in [6, 6.07) is 6.45. The van der Waals surface area contributed by atoms with Crippen molar-refractivity contribution in [3.05, 3.63) is 39.9 Å². The molecule has 0 amide bonds. The van der Waals surface area contributed by atoms with E-state index in [1.165, 1.54) is 12.1 Å². The minimum atomic E-state index is -0.797. The van der Waals surface area contributed by atoms with Crippen LogP contribution in [0.5, 0.6) is 0 Å². The van der Waals surface area contributed by atoms with Crippen molar-refractivity contribution in [3.63, 3.8) is 0 Å². The first kappa shape index (κ1) is 13.9. The highest BCUT2D eigenvalue weighted by molar-refractivity contribution is 5.34. The van der Waals surface area contributed by atoms with Crippen molar-refractivity contribution in [1.82, 2.24) is 5.32 Å². The average molecular weight is 266 g/mol. The molecule has 1 aromatic carbocycles. The number of nitrogens with zero attached hydrogens (tertiary/aromatic N) is 1. The molecule has 1 aromatic rings. The number of nitro groups is 1. The van der Waals surface area contributed by atoms with Gasteiger partial charge in [-0.1, -0.05) is 12.1 Å². The molecule has 0 radical (unpaired) electrons. The fourth-order valence-electron chi connectivity index (χ4n) is 2.08. The van der Waals surface area contributed by atoms with Gasteiger partial charge >= 0.3 is 0 Å². The van der Waals surface area contributed by atoms with Gasteiger partial charge in [-0.05, 0) is 12.5 Å². The van der Waals surface area contributed by atoms with Crippen molar-refractivity contribution in [2.75, 3.05) is 19.8 Å². The van der Waals surface area contributed by atoms with E-state index in [-0.39, 0.29) is 11.7 Å².